The van der Waals surface area contributed by atoms with Gasteiger partial charge in [-0.1, -0.05) is 36.4 Å². The van der Waals surface area contributed by atoms with Crippen LogP contribution in [0.1, 0.15) is 10.4 Å². The Hall–Kier alpha value is -4.06. The molecule has 3 aromatic carbocycles. The third kappa shape index (κ3) is 3.39. The van der Waals surface area contributed by atoms with Crippen molar-refractivity contribution in [3.63, 3.8) is 0 Å². The molecule has 148 valence electrons. The van der Waals surface area contributed by atoms with E-state index >= 15 is 0 Å². The molecule has 1 aliphatic rings. The minimum absolute atomic E-state index is 0.102. The summed E-state index contributed by atoms with van der Waals surface area (Å²) >= 11 is 0. The van der Waals surface area contributed by atoms with Crippen LogP contribution in [0.15, 0.2) is 82.0 Å². The molecule has 2 heterocycles. The highest BCUT2D eigenvalue weighted by atomic mass is 16.7. The van der Waals surface area contributed by atoms with Crippen molar-refractivity contribution in [2.24, 2.45) is 0 Å². The number of fused-ring (bicyclic) bond motifs is 2. The fraction of sp³-hybridized carbons (Fsp3) is 0.0833. The van der Waals surface area contributed by atoms with Gasteiger partial charge in [-0.3, -0.25) is 4.79 Å². The van der Waals surface area contributed by atoms with Crippen LogP contribution in [-0.2, 0) is 0 Å². The van der Waals surface area contributed by atoms with Crippen LogP contribution < -0.4 is 19.8 Å². The van der Waals surface area contributed by atoms with Gasteiger partial charge in [-0.2, -0.15) is 0 Å². The van der Waals surface area contributed by atoms with Gasteiger partial charge in [-0.25, -0.2) is 4.79 Å². The summed E-state index contributed by atoms with van der Waals surface area (Å²) in [4.78, 5) is 24.8. The molecule has 1 aliphatic heterocycles. The standard InChI is InChI=1S/C24H16O6/c25-20(15-4-2-1-3-5-15)13-27-18-8-6-17-10-19(24(26)30-22(17)12-18)16-7-9-21-23(11-16)29-14-28-21/h1-12H,13-14H2. The first-order valence-electron chi connectivity index (χ1n) is 9.36. The zero-order valence-corrected chi connectivity index (χ0v) is 15.8. The smallest absolute Gasteiger partial charge is 0.344 e. The second-order valence-electron chi connectivity index (χ2n) is 6.79. The van der Waals surface area contributed by atoms with Crippen LogP contribution in [0.5, 0.6) is 17.2 Å². The molecule has 0 unspecified atom stereocenters. The Morgan fingerprint density at radius 3 is 2.60 bits per heavy atom. The number of hydrogen-bond acceptors (Lipinski definition) is 6. The van der Waals surface area contributed by atoms with E-state index in [2.05, 4.69) is 0 Å². The van der Waals surface area contributed by atoms with Crippen molar-refractivity contribution in [2.75, 3.05) is 13.4 Å². The van der Waals surface area contributed by atoms with Crippen LogP contribution in [0.2, 0.25) is 0 Å². The lowest BCUT2D eigenvalue weighted by atomic mass is 10.1. The largest absolute Gasteiger partial charge is 0.485 e. The molecule has 0 amide bonds. The fourth-order valence-electron chi connectivity index (χ4n) is 3.30. The number of ether oxygens (including phenoxy) is 3. The predicted octanol–water partition coefficient (Wildman–Crippen LogP) is 4.45. The molecule has 0 fully saturated rings. The molecule has 0 spiro atoms. The van der Waals surface area contributed by atoms with Crippen molar-refractivity contribution in [2.45, 2.75) is 0 Å². The SMILES string of the molecule is O=C(COc1ccc2cc(-c3ccc4c(c3)OCO4)c(=O)oc2c1)c1ccccc1. The first kappa shape index (κ1) is 18.0. The second kappa shape index (κ2) is 7.40. The van der Waals surface area contributed by atoms with E-state index in [4.69, 9.17) is 18.6 Å². The Kier molecular flexibility index (Phi) is 4.44. The second-order valence-corrected chi connectivity index (χ2v) is 6.79. The maximum absolute atomic E-state index is 12.6. The average molecular weight is 400 g/mol. The lowest BCUT2D eigenvalue weighted by Crippen LogP contribution is -2.11. The molecule has 30 heavy (non-hydrogen) atoms. The molecule has 6 heteroatoms. The minimum atomic E-state index is -0.473. The van der Waals surface area contributed by atoms with Crippen molar-refractivity contribution in [3.05, 3.63) is 88.8 Å². The summed E-state index contributed by atoms with van der Waals surface area (Å²) in [6.07, 6.45) is 0. The number of carbonyl (C=O) groups is 1. The molecular weight excluding hydrogens is 384 g/mol. The van der Waals surface area contributed by atoms with Gasteiger partial charge in [0, 0.05) is 17.0 Å². The summed E-state index contributed by atoms with van der Waals surface area (Å²) in [6.45, 7) is 0.0652. The number of benzene rings is 3. The van der Waals surface area contributed by atoms with Crippen molar-refractivity contribution >= 4 is 16.8 Å². The molecule has 0 atom stereocenters. The summed E-state index contributed by atoms with van der Waals surface area (Å²) in [5.41, 5.74) is 1.60. The van der Waals surface area contributed by atoms with Gasteiger partial charge in [0.2, 0.25) is 6.79 Å². The van der Waals surface area contributed by atoms with Gasteiger partial charge < -0.3 is 18.6 Å². The molecule has 0 saturated carbocycles. The average Bonchev–Trinajstić information content (AvgIpc) is 3.25. The highest BCUT2D eigenvalue weighted by Gasteiger charge is 2.16. The van der Waals surface area contributed by atoms with Crippen molar-refractivity contribution in [1.82, 2.24) is 0 Å². The fourth-order valence-corrected chi connectivity index (χ4v) is 3.30. The molecule has 6 nitrogen and oxygen atoms in total. The first-order valence-corrected chi connectivity index (χ1v) is 9.36. The Morgan fingerprint density at radius 1 is 0.900 bits per heavy atom. The maximum atomic E-state index is 12.6. The Bertz CT molecular complexity index is 1310. The Morgan fingerprint density at radius 2 is 1.73 bits per heavy atom. The predicted molar refractivity (Wildman–Crippen MR) is 110 cm³/mol. The molecule has 1 aromatic heterocycles. The number of carbonyl (C=O) groups excluding carboxylic acids is 1. The summed E-state index contributed by atoms with van der Waals surface area (Å²) in [7, 11) is 0. The molecule has 4 aromatic rings. The topological polar surface area (TPSA) is 75.0 Å². The van der Waals surface area contributed by atoms with Gasteiger partial charge >= 0.3 is 5.63 Å². The van der Waals surface area contributed by atoms with E-state index in [1.165, 1.54) is 0 Å². The van der Waals surface area contributed by atoms with Crippen LogP contribution in [0.25, 0.3) is 22.1 Å². The quantitative estimate of drug-likeness (QED) is 0.364. The summed E-state index contributed by atoms with van der Waals surface area (Å²) in [5, 5.41) is 0.740. The van der Waals surface area contributed by atoms with Crippen LogP contribution in [0.3, 0.4) is 0 Å². The molecule has 0 N–H and O–H groups in total. The lowest BCUT2D eigenvalue weighted by molar-refractivity contribution is 0.0921. The first-order chi connectivity index (χ1) is 14.7. The normalized spacial score (nSPS) is 12.1. The van der Waals surface area contributed by atoms with E-state index in [-0.39, 0.29) is 19.2 Å². The van der Waals surface area contributed by atoms with Crippen molar-refractivity contribution in [3.8, 4) is 28.4 Å². The molecule has 5 rings (SSSR count). The van der Waals surface area contributed by atoms with Crippen molar-refractivity contribution in [1.29, 1.82) is 0 Å². The molecule has 0 saturated heterocycles. The zero-order valence-electron chi connectivity index (χ0n) is 15.8. The molecule has 0 radical (unpaired) electrons. The monoisotopic (exact) mass is 400 g/mol. The summed E-state index contributed by atoms with van der Waals surface area (Å²) in [6, 6.07) is 21.1. The van der Waals surface area contributed by atoms with E-state index in [9.17, 15) is 9.59 Å². The highest BCUT2D eigenvalue weighted by molar-refractivity contribution is 5.97. The number of ketones is 1. The lowest BCUT2D eigenvalue weighted by Gasteiger charge is -2.08. The van der Waals surface area contributed by atoms with E-state index in [1.54, 1.807) is 66.7 Å². The number of hydrogen-bond donors (Lipinski definition) is 0. The van der Waals surface area contributed by atoms with E-state index in [0.717, 1.165) is 5.39 Å². The minimum Gasteiger partial charge on any atom is -0.485 e. The van der Waals surface area contributed by atoms with E-state index < -0.39 is 5.63 Å². The zero-order chi connectivity index (χ0) is 20.5. The number of Topliss-reactive ketones (excluding diaryl/α,β-unsaturated/α-hetero) is 1. The van der Waals surface area contributed by atoms with Gasteiger partial charge in [0.05, 0.1) is 5.56 Å². The Labute approximate surface area is 171 Å². The highest BCUT2D eigenvalue weighted by Crippen LogP contribution is 2.35. The van der Waals surface area contributed by atoms with Crippen molar-refractivity contribution < 1.29 is 23.4 Å². The Balaban J connectivity index is 1.40. The van der Waals surface area contributed by atoms with Crippen LogP contribution in [0.4, 0.5) is 0 Å². The van der Waals surface area contributed by atoms with Crippen LogP contribution >= 0.6 is 0 Å². The summed E-state index contributed by atoms with van der Waals surface area (Å²) < 4.78 is 21.8. The molecule has 0 aliphatic carbocycles. The van der Waals surface area contributed by atoms with Gasteiger partial charge in [0.1, 0.15) is 11.3 Å². The molecular formula is C24H16O6. The third-order valence-corrected chi connectivity index (χ3v) is 4.86. The summed E-state index contributed by atoms with van der Waals surface area (Å²) in [5.74, 6) is 1.57. The van der Waals surface area contributed by atoms with E-state index in [1.807, 2.05) is 6.07 Å². The number of rotatable bonds is 5. The van der Waals surface area contributed by atoms with Gasteiger partial charge in [0.15, 0.2) is 23.9 Å². The van der Waals surface area contributed by atoms with Gasteiger partial charge in [-0.15, -0.1) is 0 Å². The van der Waals surface area contributed by atoms with Crippen LogP contribution in [-0.4, -0.2) is 19.2 Å². The third-order valence-electron chi connectivity index (χ3n) is 4.86. The maximum Gasteiger partial charge on any atom is 0.344 e. The van der Waals surface area contributed by atoms with Gasteiger partial charge in [-0.05, 0) is 35.9 Å². The van der Waals surface area contributed by atoms with Crippen LogP contribution in [0, 0.1) is 0 Å². The van der Waals surface area contributed by atoms with E-state index in [0.29, 0.717) is 39.5 Å². The van der Waals surface area contributed by atoms with Gasteiger partial charge in [0.25, 0.3) is 0 Å². The molecule has 0 bridgehead atoms.